The normalized spacial score (nSPS) is 10.8. The lowest BCUT2D eigenvalue weighted by Gasteiger charge is -2.07. The number of hydrogen-bond acceptors (Lipinski definition) is 8. The maximum atomic E-state index is 12.5. The Morgan fingerprint density at radius 3 is 2.74 bits per heavy atom. The van der Waals surface area contributed by atoms with E-state index in [4.69, 9.17) is 27.8 Å². The van der Waals surface area contributed by atoms with Gasteiger partial charge in [0.25, 0.3) is 0 Å². The van der Waals surface area contributed by atoms with Crippen LogP contribution in [-0.4, -0.2) is 30.7 Å². The molecule has 0 atom stereocenters. The molecular weight excluding hydrogens is 418 g/mol. The van der Waals surface area contributed by atoms with E-state index in [1.165, 1.54) is 6.20 Å². The van der Waals surface area contributed by atoms with Gasteiger partial charge in [-0.05, 0) is 29.8 Å². The van der Waals surface area contributed by atoms with Crippen molar-refractivity contribution in [1.29, 1.82) is 0 Å². The van der Waals surface area contributed by atoms with Gasteiger partial charge in [0.05, 0.1) is 17.5 Å². The fourth-order valence-electron chi connectivity index (χ4n) is 3.09. The lowest BCUT2D eigenvalue weighted by Crippen LogP contribution is -2.09. The first kappa shape index (κ1) is 20.3. The minimum Gasteiger partial charge on any atom is -0.421 e. The number of aromatic nitrogens is 5. The maximum Gasteiger partial charge on any atom is 0.343 e. The highest BCUT2D eigenvalue weighted by atomic mass is 35.5. The van der Waals surface area contributed by atoms with Gasteiger partial charge in [-0.2, -0.15) is 5.10 Å². The summed E-state index contributed by atoms with van der Waals surface area (Å²) in [6, 6.07) is 11.9. The van der Waals surface area contributed by atoms with Crippen molar-refractivity contribution in [3.8, 4) is 17.1 Å². The highest BCUT2D eigenvalue weighted by Crippen LogP contribution is 2.25. The summed E-state index contributed by atoms with van der Waals surface area (Å²) in [5, 5.41) is 4.72. The van der Waals surface area contributed by atoms with Gasteiger partial charge in [0.15, 0.2) is 0 Å². The Bertz CT molecular complexity index is 1230. The molecule has 0 spiro atoms. The largest absolute Gasteiger partial charge is 0.421 e. The topological polar surface area (TPSA) is 135 Å². The number of hydrogen-bond donors (Lipinski definition) is 2. The molecule has 4 aromatic rings. The van der Waals surface area contributed by atoms with Gasteiger partial charge >= 0.3 is 5.97 Å². The first-order valence-electron chi connectivity index (χ1n) is 9.23. The van der Waals surface area contributed by atoms with Crippen LogP contribution in [-0.2, 0) is 13.5 Å². The number of benzene rings is 1. The summed E-state index contributed by atoms with van der Waals surface area (Å²) in [4.78, 5) is 24.6. The molecule has 0 aliphatic carbocycles. The Hall–Kier alpha value is -3.98. The molecule has 3 aromatic heterocycles. The van der Waals surface area contributed by atoms with Crippen molar-refractivity contribution in [1.82, 2.24) is 24.7 Å². The summed E-state index contributed by atoms with van der Waals surface area (Å²) >= 11 is 6.02. The molecule has 4 N–H and O–H groups in total. The monoisotopic (exact) mass is 435 g/mol. The molecule has 1 aromatic carbocycles. The van der Waals surface area contributed by atoms with E-state index in [2.05, 4.69) is 20.1 Å². The second kappa shape index (κ2) is 8.41. The number of esters is 1. The van der Waals surface area contributed by atoms with E-state index in [9.17, 15) is 4.79 Å². The maximum absolute atomic E-state index is 12.5. The number of nitrogens with zero attached hydrogens (tertiary/aromatic N) is 5. The third-order valence-corrected chi connectivity index (χ3v) is 4.58. The second-order valence-electron chi connectivity index (χ2n) is 6.80. The fourth-order valence-corrected chi connectivity index (χ4v) is 3.28. The predicted molar refractivity (Wildman–Crippen MR) is 117 cm³/mol. The number of pyridine rings is 1. The summed E-state index contributed by atoms with van der Waals surface area (Å²) in [6.45, 7) is 0. The number of aryl methyl sites for hydroxylation is 1. The van der Waals surface area contributed by atoms with Gasteiger partial charge in [-0.25, -0.2) is 19.7 Å². The number of ether oxygens (including phenoxy) is 1. The molecule has 9 nitrogen and oxygen atoms in total. The van der Waals surface area contributed by atoms with Gasteiger partial charge in [0.2, 0.25) is 5.95 Å². The third kappa shape index (κ3) is 4.78. The molecule has 0 bridgehead atoms. The van der Waals surface area contributed by atoms with Crippen LogP contribution in [0.4, 0.5) is 11.8 Å². The summed E-state index contributed by atoms with van der Waals surface area (Å²) in [5.74, 6) is 0.245. The molecule has 10 heteroatoms. The Labute approximate surface area is 182 Å². The average molecular weight is 436 g/mol. The lowest BCUT2D eigenvalue weighted by atomic mass is 10.0. The molecule has 3 heterocycles. The molecule has 4 rings (SSSR count). The van der Waals surface area contributed by atoms with E-state index in [-0.39, 0.29) is 11.1 Å². The molecule has 0 saturated heterocycles. The molecule has 31 heavy (non-hydrogen) atoms. The van der Waals surface area contributed by atoms with Gasteiger partial charge in [0.1, 0.15) is 22.4 Å². The zero-order valence-electron chi connectivity index (χ0n) is 16.5. The zero-order chi connectivity index (χ0) is 22.0. The standard InChI is InChI=1S/C21H18ClN7O2/c1-29-11-14(19(28-29)16-9-17(22)27-21(24)26-16)8-12-3-2-4-13(7-12)20(30)31-15-5-6-18(23)25-10-15/h2-7,9-11H,8H2,1H3,(H2,23,25)(H2,24,26,27). The first-order valence-corrected chi connectivity index (χ1v) is 9.61. The van der Waals surface area contributed by atoms with E-state index >= 15 is 0 Å². The average Bonchev–Trinajstić information content (AvgIpc) is 3.09. The van der Waals surface area contributed by atoms with Crippen molar-refractivity contribution in [3.63, 3.8) is 0 Å². The van der Waals surface area contributed by atoms with E-state index in [1.807, 2.05) is 19.3 Å². The van der Waals surface area contributed by atoms with Crippen molar-refractivity contribution < 1.29 is 9.53 Å². The smallest absolute Gasteiger partial charge is 0.343 e. The number of anilines is 2. The van der Waals surface area contributed by atoms with Crippen LogP contribution in [0.15, 0.2) is 54.9 Å². The number of halogens is 1. The van der Waals surface area contributed by atoms with Crippen LogP contribution in [0.1, 0.15) is 21.5 Å². The van der Waals surface area contributed by atoms with Crippen LogP contribution in [0, 0.1) is 0 Å². The molecular formula is C21H18ClN7O2. The number of carbonyl (C=O) groups excluding carboxylic acids is 1. The fraction of sp³-hybridized carbons (Fsp3) is 0.0952. The van der Waals surface area contributed by atoms with Crippen LogP contribution < -0.4 is 16.2 Å². The van der Waals surface area contributed by atoms with Crippen molar-refractivity contribution in [3.05, 3.63) is 76.7 Å². The van der Waals surface area contributed by atoms with E-state index in [0.717, 1.165) is 11.1 Å². The van der Waals surface area contributed by atoms with E-state index < -0.39 is 5.97 Å². The molecule has 0 unspecified atom stereocenters. The van der Waals surface area contributed by atoms with Crippen LogP contribution in [0.2, 0.25) is 5.15 Å². The van der Waals surface area contributed by atoms with Gasteiger partial charge in [-0.3, -0.25) is 4.68 Å². The van der Waals surface area contributed by atoms with Gasteiger partial charge < -0.3 is 16.2 Å². The van der Waals surface area contributed by atoms with Crippen LogP contribution in [0.3, 0.4) is 0 Å². The van der Waals surface area contributed by atoms with E-state index in [0.29, 0.717) is 34.9 Å². The quantitative estimate of drug-likeness (QED) is 0.361. The van der Waals surface area contributed by atoms with Gasteiger partial charge in [-0.1, -0.05) is 23.7 Å². The minimum atomic E-state index is -0.491. The number of nitrogen functional groups attached to an aromatic ring is 2. The van der Waals surface area contributed by atoms with E-state index in [1.54, 1.807) is 41.1 Å². The number of carbonyl (C=O) groups is 1. The third-order valence-electron chi connectivity index (χ3n) is 4.39. The Kier molecular flexibility index (Phi) is 5.50. The van der Waals surface area contributed by atoms with Gasteiger partial charge in [0, 0.05) is 31.3 Å². The van der Waals surface area contributed by atoms with Crippen molar-refractivity contribution >= 4 is 29.3 Å². The van der Waals surface area contributed by atoms with Crippen molar-refractivity contribution in [2.24, 2.45) is 7.05 Å². The SMILES string of the molecule is Cn1cc(Cc2cccc(C(=O)Oc3ccc(N)nc3)c2)c(-c2cc(Cl)nc(N)n2)n1. The Morgan fingerprint density at radius 1 is 1.16 bits per heavy atom. The molecule has 0 amide bonds. The molecule has 0 aliphatic heterocycles. The minimum absolute atomic E-state index is 0.0704. The summed E-state index contributed by atoms with van der Waals surface area (Å²) in [6.07, 6.45) is 3.79. The van der Waals surface area contributed by atoms with Crippen LogP contribution in [0.5, 0.6) is 5.75 Å². The number of rotatable bonds is 5. The predicted octanol–water partition coefficient (Wildman–Crippen LogP) is 2.90. The summed E-state index contributed by atoms with van der Waals surface area (Å²) in [7, 11) is 1.81. The molecule has 0 aliphatic rings. The zero-order valence-corrected chi connectivity index (χ0v) is 17.2. The second-order valence-corrected chi connectivity index (χ2v) is 7.18. The lowest BCUT2D eigenvalue weighted by molar-refractivity contribution is 0.0734. The highest BCUT2D eigenvalue weighted by Gasteiger charge is 2.15. The first-order chi connectivity index (χ1) is 14.9. The van der Waals surface area contributed by atoms with Crippen molar-refractivity contribution in [2.75, 3.05) is 11.5 Å². The molecule has 0 fully saturated rings. The summed E-state index contributed by atoms with van der Waals surface area (Å²) < 4.78 is 7.05. The van der Waals surface area contributed by atoms with Crippen molar-refractivity contribution in [2.45, 2.75) is 6.42 Å². The molecule has 0 radical (unpaired) electrons. The Morgan fingerprint density at radius 2 is 2.00 bits per heavy atom. The number of nitrogens with two attached hydrogens (primary N) is 2. The highest BCUT2D eigenvalue weighted by molar-refractivity contribution is 6.29. The van der Waals surface area contributed by atoms with Crippen LogP contribution >= 0.6 is 11.6 Å². The van der Waals surface area contributed by atoms with Gasteiger partial charge in [-0.15, -0.1) is 0 Å². The van der Waals surface area contributed by atoms with Crippen LogP contribution in [0.25, 0.3) is 11.4 Å². The molecule has 0 saturated carbocycles. The Balaban J connectivity index is 1.58. The molecule has 156 valence electrons. The summed E-state index contributed by atoms with van der Waals surface area (Å²) in [5.41, 5.74) is 14.6.